The third-order valence-electron chi connectivity index (χ3n) is 8.77. The molecule has 1 unspecified atom stereocenters. The Balaban J connectivity index is 1.29. The number of hydrogen-bond acceptors (Lipinski definition) is 1. The number of unbranched alkanes of at least 4 members (excludes halogenated alkanes) is 5. The highest BCUT2D eigenvalue weighted by Crippen LogP contribution is 2.37. The smallest absolute Gasteiger partial charge is 0.165 e. The largest absolute Gasteiger partial charge is 0.491 e. The van der Waals surface area contributed by atoms with Crippen LogP contribution in [-0.2, 0) is 6.42 Å². The van der Waals surface area contributed by atoms with E-state index >= 15 is 0 Å². The van der Waals surface area contributed by atoms with Crippen LogP contribution >= 0.6 is 0 Å². The van der Waals surface area contributed by atoms with E-state index in [2.05, 4.69) is 26.0 Å². The van der Waals surface area contributed by atoms with E-state index in [9.17, 15) is 4.39 Å². The maximum absolute atomic E-state index is 14.4. The molecule has 1 saturated carbocycles. The number of benzene rings is 1. The van der Waals surface area contributed by atoms with Gasteiger partial charge in [0, 0.05) is 0 Å². The van der Waals surface area contributed by atoms with Gasteiger partial charge in [0.25, 0.3) is 0 Å². The summed E-state index contributed by atoms with van der Waals surface area (Å²) in [5, 5.41) is 0. The van der Waals surface area contributed by atoms with Crippen LogP contribution in [-0.4, -0.2) is 6.61 Å². The van der Waals surface area contributed by atoms with E-state index in [-0.39, 0.29) is 5.82 Å². The number of hydrogen-bond donors (Lipinski definition) is 0. The summed E-state index contributed by atoms with van der Waals surface area (Å²) in [4.78, 5) is 0. The Morgan fingerprint density at radius 3 is 2.17 bits per heavy atom. The van der Waals surface area contributed by atoms with Gasteiger partial charge in [0.1, 0.15) is 0 Å². The molecule has 0 aromatic heterocycles. The fraction of sp³-hybridized carbons (Fsp3) is 0.758. The molecule has 1 fully saturated rings. The van der Waals surface area contributed by atoms with Gasteiger partial charge in [0.05, 0.1) is 6.61 Å². The molecule has 0 aliphatic heterocycles. The summed E-state index contributed by atoms with van der Waals surface area (Å²) in [6.45, 7) is 5.12. The van der Waals surface area contributed by atoms with E-state index < -0.39 is 0 Å². The van der Waals surface area contributed by atoms with E-state index in [1.165, 1.54) is 96.3 Å². The predicted molar refractivity (Wildman–Crippen MR) is 149 cm³/mol. The van der Waals surface area contributed by atoms with Crippen molar-refractivity contribution in [1.29, 1.82) is 0 Å². The van der Waals surface area contributed by atoms with Gasteiger partial charge in [0.15, 0.2) is 11.6 Å². The highest BCUT2D eigenvalue weighted by Gasteiger charge is 2.22. The highest BCUT2D eigenvalue weighted by atomic mass is 19.1. The van der Waals surface area contributed by atoms with Crippen LogP contribution in [0.15, 0.2) is 29.8 Å². The molecule has 1 atom stereocenters. The van der Waals surface area contributed by atoms with Gasteiger partial charge in [-0.05, 0) is 80.4 Å². The number of rotatable bonds is 16. The van der Waals surface area contributed by atoms with Gasteiger partial charge < -0.3 is 4.74 Å². The number of aryl methyl sites for hydroxylation is 1. The van der Waals surface area contributed by atoms with E-state index in [4.69, 9.17) is 4.74 Å². The number of ether oxygens (including phenoxy) is 1. The van der Waals surface area contributed by atoms with Crippen molar-refractivity contribution in [2.24, 2.45) is 17.8 Å². The third-order valence-corrected chi connectivity index (χ3v) is 8.77. The maximum atomic E-state index is 14.4. The van der Waals surface area contributed by atoms with Crippen molar-refractivity contribution < 1.29 is 9.13 Å². The molecule has 0 heterocycles. The van der Waals surface area contributed by atoms with E-state index in [0.717, 1.165) is 49.0 Å². The Hall–Kier alpha value is -1.31. The van der Waals surface area contributed by atoms with Crippen molar-refractivity contribution in [3.63, 3.8) is 0 Å². The summed E-state index contributed by atoms with van der Waals surface area (Å²) < 4.78 is 20.1. The molecule has 0 N–H and O–H groups in total. The summed E-state index contributed by atoms with van der Waals surface area (Å²) in [6.07, 6.45) is 27.6. The van der Waals surface area contributed by atoms with Gasteiger partial charge in [0.2, 0.25) is 0 Å². The van der Waals surface area contributed by atoms with Crippen molar-refractivity contribution in [2.75, 3.05) is 6.61 Å². The molecular formula is C33H53FO. The van der Waals surface area contributed by atoms with Crippen molar-refractivity contribution in [1.82, 2.24) is 0 Å². The molecule has 0 saturated heterocycles. The van der Waals surface area contributed by atoms with Crippen molar-refractivity contribution in [3.05, 3.63) is 41.2 Å². The minimum absolute atomic E-state index is 0.203. The molecule has 35 heavy (non-hydrogen) atoms. The van der Waals surface area contributed by atoms with Gasteiger partial charge in [-0.1, -0.05) is 109 Å². The molecular weight excluding hydrogens is 431 g/mol. The molecule has 2 aliphatic carbocycles. The summed E-state index contributed by atoms with van der Waals surface area (Å²) in [5.74, 6) is 3.14. The van der Waals surface area contributed by atoms with Gasteiger partial charge >= 0.3 is 0 Å². The Kier molecular flexibility index (Phi) is 13.3. The molecule has 0 radical (unpaired) electrons. The average Bonchev–Trinajstić information content (AvgIpc) is 2.88. The fourth-order valence-electron chi connectivity index (χ4n) is 6.23. The van der Waals surface area contributed by atoms with Crippen LogP contribution in [0.1, 0.15) is 135 Å². The molecule has 2 heteroatoms. The molecule has 2 aliphatic rings. The number of allylic oxidation sites excluding steroid dienone is 2. The lowest BCUT2D eigenvalue weighted by Gasteiger charge is -2.30. The van der Waals surface area contributed by atoms with E-state index in [1.807, 2.05) is 6.07 Å². The third kappa shape index (κ3) is 10.7. The van der Waals surface area contributed by atoms with Gasteiger partial charge in [-0.25, -0.2) is 4.39 Å². The second kappa shape index (κ2) is 16.4. The second-order valence-electron chi connectivity index (χ2n) is 11.6. The zero-order valence-corrected chi connectivity index (χ0v) is 23.0. The zero-order chi connectivity index (χ0) is 24.7. The first-order valence-corrected chi connectivity index (χ1v) is 15.3. The van der Waals surface area contributed by atoms with Crippen molar-refractivity contribution in [2.45, 2.75) is 136 Å². The lowest BCUT2D eigenvalue weighted by atomic mass is 9.76. The van der Waals surface area contributed by atoms with Crippen molar-refractivity contribution in [3.8, 4) is 5.75 Å². The van der Waals surface area contributed by atoms with Gasteiger partial charge in [-0.2, -0.15) is 0 Å². The highest BCUT2D eigenvalue weighted by molar-refractivity contribution is 5.30. The average molecular weight is 485 g/mol. The van der Waals surface area contributed by atoms with Crippen LogP contribution in [0.2, 0.25) is 0 Å². The molecule has 0 spiro atoms. The maximum Gasteiger partial charge on any atom is 0.165 e. The SMILES string of the molecule is CCCCCCOc1ccc(CCC2=CCC(CC[C@H]3CC[C@H](CCCCC)CC3)CC2)cc1F. The van der Waals surface area contributed by atoms with Gasteiger partial charge in [-0.3, -0.25) is 0 Å². The Morgan fingerprint density at radius 2 is 1.49 bits per heavy atom. The molecule has 1 nitrogen and oxygen atoms in total. The van der Waals surface area contributed by atoms with Crippen LogP contribution in [0, 0.1) is 23.6 Å². The second-order valence-corrected chi connectivity index (χ2v) is 11.6. The zero-order valence-electron chi connectivity index (χ0n) is 23.0. The fourth-order valence-corrected chi connectivity index (χ4v) is 6.23. The Labute approximate surface area is 216 Å². The molecule has 1 aromatic carbocycles. The molecule has 1 aromatic rings. The minimum atomic E-state index is -0.203. The van der Waals surface area contributed by atoms with Crippen LogP contribution in [0.25, 0.3) is 0 Å². The van der Waals surface area contributed by atoms with Gasteiger partial charge in [-0.15, -0.1) is 0 Å². The van der Waals surface area contributed by atoms with Crippen LogP contribution in [0.5, 0.6) is 5.75 Å². The first-order chi connectivity index (χ1) is 17.2. The molecule has 0 bridgehead atoms. The topological polar surface area (TPSA) is 9.23 Å². The predicted octanol–water partition coefficient (Wildman–Crippen LogP) is 10.6. The normalized spacial score (nSPS) is 22.7. The summed E-state index contributed by atoms with van der Waals surface area (Å²) in [6, 6.07) is 5.57. The summed E-state index contributed by atoms with van der Waals surface area (Å²) in [5.41, 5.74) is 2.68. The Morgan fingerprint density at radius 1 is 0.771 bits per heavy atom. The van der Waals surface area contributed by atoms with Crippen LogP contribution < -0.4 is 4.74 Å². The quantitative estimate of drug-likeness (QED) is 0.167. The van der Waals surface area contributed by atoms with Crippen molar-refractivity contribution >= 4 is 0 Å². The molecule has 3 rings (SSSR count). The lowest BCUT2D eigenvalue weighted by Crippen LogP contribution is -2.16. The summed E-state index contributed by atoms with van der Waals surface area (Å²) in [7, 11) is 0. The molecule has 0 amide bonds. The standard InChI is InChI=1S/C33H53FO/c1-3-5-7-9-25-35-33-24-23-31(26-32(33)34)22-21-30-19-17-29(18-20-30)16-15-28-13-11-27(12-14-28)10-8-6-4-2/h19,23-24,26-29H,3-18,20-22,25H2,1-2H3/t27-,28-,29?. The minimum Gasteiger partial charge on any atom is -0.491 e. The Bertz CT molecular complexity index is 731. The number of halogens is 1. The van der Waals surface area contributed by atoms with Crippen LogP contribution in [0.4, 0.5) is 4.39 Å². The van der Waals surface area contributed by atoms with E-state index in [0.29, 0.717) is 12.4 Å². The van der Waals surface area contributed by atoms with E-state index in [1.54, 1.807) is 11.6 Å². The summed E-state index contributed by atoms with van der Waals surface area (Å²) >= 11 is 0. The first-order valence-electron chi connectivity index (χ1n) is 15.3. The van der Waals surface area contributed by atoms with Crippen LogP contribution in [0.3, 0.4) is 0 Å². The lowest BCUT2D eigenvalue weighted by molar-refractivity contribution is 0.234. The monoisotopic (exact) mass is 484 g/mol. The first kappa shape index (κ1) is 28.3. The molecule has 198 valence electrons.